The lowest BCUT2D eigenvalue weighted by molar-refractivity contribution is -0.0391. The van der Waals surface area contributed by atoms with Crippen LogP contribution < -0.4 is 0 Å². The van der Waals surface area contributed by atoms with Crippen molar-refractivity contribution in [2.24, 2.45) is 0 Å². The molecule has 4 rings (SSSR count). The summed E-state index contributed by atoms with van der Waals surface area (Å²) in [6, 6.07) is 1.94. The highest BCUT2D eigenvalue weighted by atomic mass is 16.5. The molecule has 1 aliphatic carbocycles. The number of hydrogen-bond acceptors (Lipinski definition) is 7. The summed E-state index contributed by atoms with van der Waals surface area (Å²) in [4.78, 5) is 6.64. The van der Waals surface area contributed by atoms with Gasteiger partial charge in [0, 0.05) is 18.5 Å². The van der Waals surface area contributed by atoms with Crippen molar-refractivity contribution in [2.75, 3.05) is 13.1 Å². The van der Waals surface area contributed by atoms with Crippen molar-refractivity contribution in [3.05, 3.63) is 29.2 Å². The standard InChI is InChI=1S/C16H22N4O3/c1-11-7-13(22-18-11)9-20-6-2-5-16(21,10-20)8-14-17-15(19-23-14)12-3-4-12/h7,12,21H,2-6,8-10H2,1H3. The van der Waals surface area contributed by atoms with E-state index in [0.717, 1.165) is 49.5 Å². The van der Waals surface area contributed by atoms with Crippen LogP contribution in [0.3, 0.4) is 0 Å². The molecule has 7 nitrogen and oxygen atoms in total. The zero-order valence-electron chi connectivity index (χ0n) is 13.4. The minimum absolute atomic E-state index is 0.415. The van der Waals surface area contributed by atoms with Crippen molar-refractivity contribution in [1.29, 1.82) is 0 Å². The molecule has 0 bridgehead atoms. The Labute approximate surface area is 134 Å². The summed E-state index contributed by atoms with van der Waals surface area (Å²) in [5, 5.41) is 18.9. The Hall–Kier alpha value is -1.73. The molecule has 0 spiro atoms. The lowest BCUT2D eigenvalue weighted by Crippen LogP contribution is -2.49. The number of piperidine rings is 1. The van der Waals surface area contributed by atoms with Gasteiger partial charge in [-0.3, -0.25) is 4.90 Å². The Morgan fingerprint density at radius 3 is 2.96 bits per heavy atom. The Bertz CT molecular complexity index is 678. The predicted molar refractivity (Wildman–Crippen MR) is 80.7 cm³/mol. The van der Waals surface area contributed by atoms with Crippen LogP contribution in [0.2, 0.25) is 0 Å². The van der Waals surface area contributed by atoms with Crippen LogP contribution >= 0.6 is 0 Å². The first-order valence-corrected chi connectivity index (χ1v) is 8.29. The zero-order valence-corrected chi connectivity index (χ0v) is 13.4. The second-order valence-electron chi connectivity index (χ2n) is 6.97. The molecule has 1 atom stereocenters. The fourth-order valence-electron chi connectivity index (χ4n) is 3.33. The minimum atomic E-state index is -0.819. The summed E-state index contributed by atoms with van der Waals surface area (Å²) in [7, 11) is 0. The van der Waals surface area contributed by atoms with Gasteiger partial charge in [0.1, 0.15) is 0 Å². The maximum atomic E-state index is 10.9. The van der Waals surface area contributed by atoms with Gasteiger partial charge in [-0.1, -0.05) is 10.3 Å². The van der Waals surface area contributed by atoms with Crippen LogP contribution in [0.5, 0.6) is 0 Å². The Morgan fingerprint density at radius 2 is 2.22 bits per heavy atom. The third-order valence-electron chi connectivity index (χ3n) is 4.60. The number of nitrogens with zero attached hydrogens (tertiary/aromatic N) is 4. The molecule has 0 radical (unpaired) electrons. The maximum absolute atomic E-state index is 10.9. The molecule has 0 aromatic carbocycles. The number of hydrogen-bond donors (Lipinski definition) is 1. The van der Waals surface area contributed by atoms with Gasteiger partial charge in [-0.05, 0) is 39.2 Å². The van der Waals surface area contributed by atoms with E-state index in [2.05, 4.69) is 20.2 Å². The van der Waals surface area contributed by atoms with Crippen LogP contribution in [0.15, 0.2) is 15.1 Å². The molecule has 1 saturated heterocycles. The normalized spacial score (nSPS) is 25.8. The Morgan fingerprint density at radius 1 is 1.35 bits per heavy atom. The van der Waals surface area contributed by atoms with Gasteiger partial charge in [0.05, 0.1) is 24.3 Å². The van der Waals surface area contributed by atoms with E-state index in [4.69, 9.17) is 9.05 Å². The van der Waals surface area contributed by atoms with Crippen molar-refractivity contribution in [3.63, 3.8) is 0 Å². The molecule has 2 aromatic rings. The average molecular weight is 318 g/mol. The van der Waals surface area contributed by atoms with Gasteiger partial charge in [0.15, 0.2) is 11.6 Å². The van der Waals surface area contributed by atoms with E-state index in [0.29, 0.717) is 31.3 Å². The first-order chi connectivity index (χ1) is 11.1. The number of aliphatic hydroxyl groups is 1. The summed E-state index contributed by atoms with van der Waals surface area (Å²) in [5.74, 6) is 2.65. The average Bonchev–Trinajstić information content (AvgIpc) is 3.13. The molecule has 3 heterocycles. The highest BCUT2D eigenvalue weighted by Gasteiger charge is 2.36. The lowest BCUT2D eigenvalue weighted by atomic mass is 9.89. The minimum Gasteiger partial charge on any atom is -0.388 e. The monoisotopic (exact) mass is 318 g/mol. The zero-order chi connectivity index (χ0) is 15.9. The first-order valence-electron chi connectivity index (χ1n) is 8.29. The molecule has 0 amide bonds. The predicted octanol–water partition coefficient (Wildman–Crippen LogP) is 1.81. The van der Waals surface area contributed by atoms with Gasteiger partial charge in [-0.25, -0.2) is 0 Å². The summed E-state index contributed by atoms with van der Waals surface area (Å²) in [5.41, 5.74) is 0.0615. The van der Waals surface area contributed by atoms with Crippen molar-refractivity contribution >= 4 is 0 Å². The number of aryl methyl sites for hydroxylation is 1. The third kappa shape index (κ3) is 3.45. The third-order valence-corrected chi connectivity index (χ3v) is 4.60. The Balaban J connectivity index is 1.39. The van der Waals surface area contributed by atoms with Gasteiger partial charge in [0.25, 0.3) is 0 Å². The summed E-state index contributed by atoms with van der Waals surface area (Å²) in [6.07, 6.45) is 4.40. The number of β-amino-alcohol motifs (C(OH)–C–C–N with tert-alkyl or cyclic N) is 1. The fraction of sp³-hybridized carbons (Fsp3) is 0.688. The molecular weight excluding hydrogens is 296 g/mol. The van der Waals surface area contributed by atoms with Crippen LogP contribution in [-0.4, -0.2) is 44.0 Å². The van der Waals surface area contributed by atoms with E-state index in [9.17, 15) is 5.11 Å². The summed E-state index contributed by atoms with van der Waals surface area (Å²) < 4.78 is 10.6. The van der Waals surface area contributed by atoms with E-state index in [1.54, 1.807) is 0 Å². The van der Waals surface area contributed by atoms with E-state index in [-0.39, 0.29) is 0 Å². The molecule has 1 N–H and O–H groups in total. The van der Waals surface area contributed by atoms with Gasteiger partial charge < -0.3 is 14.2 Å². The molecule has 23 heavy (non-hydrogen) atoms. The fourth-order valence-corrected chi connectivity index (χ4v) is 3.33. The molecule has 1 aliphatic heterocycles. The number of aromatic nitrogens is 3. The maximum Gasteiger partial charge on any atom is 0.229 e. The Kier molecular flexibility index (Phi) is 3.69. The van der Waals surface area contributed by atoms with Crippen LogP contribution in [-0.2, 0) is 13.0 Å². The van der Waals surface area contributed by atoms with Crippen molar-refractivity contribution in [2.45, 2.75) is 57.1 Å². The van der Waals surface area contributed by atoms with Crippen LogP contribution in [0.1, 0.15) is 54.8 Å². The molecule has 1 unspecified atom stereocenters. The van der Waals surface area contributed by atoms with Crippen molar-refractivity contribution in [1.82, 2.24) is 20.2 Å². The van der Waals surface area contributed by atoms with Gasteiger partial charge in [-0.15, -0.1) is 0 Å². The SMILES string of the molecule is Cc1cc(CN2CCCC(O)(Cc3nc(C4CC4)no3)C2)on1. The van der Waals surface area contributed by atoms with Crippen molar-refractivity contribution in [3.8, 4) is 0 Å². The topological polar surface area (TPSA) is 88.4 Å². The van der Waals surface area contributed by atoms with Gasteiger partial charge >= 0.3 is 0 Å². The van der Waals surface area contributed by atoms with Crippen LogP contribution in [0, 0.1) is 6.92 Å². The van der Waals surface area contributed by atoms with Gasteiger partial charge in [-0.2, -0.15) is 4.98 Å². The highest BCUT2D eigenvalue weighted by Crippen LogP contribution is 2.38. The molecular formula is C16H22N4O3. The second kappa shape index (κ2) is 5.72. The molecule has 2 fully saturated rings. The van der Waals surface area contributed by atoms with E-state index in [1.165, 1.54) is 0 Å². The molecule has 2 aliphatic rings. The molecule has 7 heteroatoms. The van der Waals surface area contributed by atoms with E-state index < -0.39 is 5.60 Å². The summed E-state index contributed by atoms with van der Waals surface area (Å²) in [6.45, 7) is 4.10. The largest absolute Gasteiger partial charge is 0.388 e. The van der Waals surface area contributed by atoms with Gasteiger partial charge in [0.2, 0.25) is 5.89 Å². The molecule has 2 aromatic heterocycles. The van der Waals surface area contributed by atoms with Crippen LogP contribution in [0.4, 0.5) is 0 Å². The smallest absolute Gasteiger partial charge is 0.229 e. The van der Waals surface area contributed by atoms with E-state index >= 15 is 0 Å². The second-order valence-corrected chi connectivity index (χ2v) is 6.97. The van der Waals surface area contributed by atoms with E-state index in [1.807, 2.05) is 13.0 Å². The number of likely N-dealkylation sites (tertiary alicyclic amines) is 1. The summed E-state index contributed by atoms with van der Waals surface area (Å²) >= 11 is 0. The highest BCUT2D eigenvalue weighted by molar-refractivity contribution is 5.06. The molecule has 1 saturated carbocycles. The molecule has 124 valence electrons. The quantitative estimate of drug-likeness (QED) is 0.899. The van der Waals surface area contributed by atoms with Crippen molar-refractivity contribution < 1.29 is 14.2 Å². The lowest BCUT2D eigenvalue weighted by Gasteiger charge is -2.38. The first kappa shape index (κ1) is 14.8. The number of rotatable bonds is 5. The van der Waals surface area contributed by atoms with Crippen LogP contribution in [0.25, 0.3) is 0 Å².